The molecule has 1 amide bonds. The fraction of sp³-hybridized carbons (Fsp3) is 0.423. The maximum absolute atomic E-state index is 14.5. The van der Waals surface area contributed by atoms with E-state index in [-0.39, 0.29) is 28.8 Å². The number of hydrogen-bond acceptors (Lipinski definition) is 8. The summed E-state index contributed by atoms with van der Waals surface area (Å²) in [6.45, 7) is 3.86. The van der Waals surface area contributed by atoms with Crippen molar-refractivity contribution in [3.8, 4) is 11.5 Å². The molecule has 196 valence electrons. The number of benzene rings is 2. The summed E-state index contributed by atoms with van der Waals surface area (Å²) in [5.41, 5.74) is 0.810. The number of carbonyl (C=O) groups is 1. The van der Waals surface area contributed by atoms with Gasteiger partial charge in [-0.25, -0.2) is 14.4 Å². The number of piperazine rings is 1. The normalized spacial score (nSPS) is 20.8. The van der Waals surface area contributed by atoms with E-state index in [1.54, 1.807) is 31.4 Å². The molecule has 2 atom stereocenters. The first-order valence-corrected chi connectivity index (χ1v) is 12.6. The van der Waals surface area contributed by atoms with Crippen LogP contribution in [0.15, 0.2) is 36.7 Å². The Labute approximate surface area is 220 Å². The molecular weight excluding hydrogens is 499 g/mol. The number of methoxy groups -OCH3 is 1. The molecule has 5 rings (SSSR count). The van der Waals surface area contributed by atoms with Crippen LogP contribution in [-0.4, -0.2) is 96.6 Å². The molecule has 0 radical (unpaired) electrons. The third-order valence-corrected chi connectivity index (χ3v) is 7.32. The molecule has 2 aliphatic rings. The number of halogens is 2. The molecule has 9 nitrogen and oxygen atoms in total. The summed E-state index contributed by atoms with van der Waals surface area (Å²) in [7, 11) is 5.59. The van der Waals surface area contributed by atoms with Gasteiger partial charge in [0.25, 0.3) is 0 Å². The van der Waals surface area contributed by atoms with Gasteiger partial charge in [0.1, 0.15) is 18.2 Å². The predicted molar refractivity (Wildman–Crippen MR) is 140 cm³/mol. The fourth-order valence-electron chi connectivity index (χ4n) is 4.89. The zero-order valence-corrected chi connectivity index (χ0v) is 21.8. The molecule has 0 saturated carbocycles. The molecule has 3 aromatic rings. The molecule has 0 bridgehead atoms. The van der Waals surface area contributed by atoms with Gasteiger partial charge in [-0.15, -0.1) is 0 Å². The Morgan fingerprint density at radius 1 is 1.14 bits per heavy atom. The topological polar surface area (TPSA) is 83.1 Å². The zero-order valence-electron chi connectivity index (χ0n) is 21.1. The van der Waals surface area contributed by atoms with Gasteiger partial charge < -0.3 is 24.6 Å². The van der Waals surface area contributed by atoms with Crippen molar-refractivity contribution in [2.24, 2.45) is 0 Å². The van der Waals surface area contributed by atoms with E-state index in [2.05, 4.69) is 32.1 Å². The Bertz CT molecular complexity index is 1300. The standard InChI is InChI=1S/C26H30ClFN6O3/c1-32-7-9-34(10-8-32)26(35)21-11-16(14-33(21)2)37-23-12-17-20(13-22(23)36-3)29-15-30-25(17)31-19-6-4-5-18(27)24(19)28/h4-6,12-13,15-16,21H,7-11,14H2,1-3H3,(H,29,30,31)/t16-,21?/m0/s1. The summed E-state index contributed by atoms with van der Waals surface area (Å²) in [6, 6.07) is 8.04. The van der Waals surface area contributed by atoms with E-state index in [0.29, 0.717) is 41.2 Å². The molecule has 0 spiro atoms. The van der Waals surface area contributed by atoms with Crippen molar-refractivity contribution in [1.82, 2.24) is 24.7 Å². The maximum atomic E-state index is 14.5. The minimum absolute atomic E-state index is 0.0140. The second kappa shape index (κ2) is 10.6. The van der Waals surface area contributed by atoms with E-state index in [9.17, 15) is 9.18 Å². The highest BCUT2D eigenvalue weighted by atomic mass is 35.5. The smallest absolute Gasteiger partial charge is 0.240 e. The van der Waals surface area contributed by atoms with E-state index in [1.165, 1.54) is 12.4 Å². The lowest BCUT2D eigenvalue weighted by Crippen LogP contribution is -2.52. The summed E-state index contributed by atoms with van der Waals surface area (Å²) in [4.78, 5) is 28.1. The number of carbonyl (C=O) groups excluding carboxylic acids is 1. The van der Waals surface area contributed by atoms with Gasteiger partial charge in [0.05, 0.1) is 29.4 Å². The largest absolute Gasteiger partial charge is 0.493 e. The molecular formula is C26H30ClFN6O3. The second-order valence-electron chi connectivity index (χ2n) is 9.53. The second-order valence-corrected chi connectivity index (χ2v) is 9.94. The van der Waals surface area contributed by atoms with Crippen molar-refractivity contribution in [3.05, 3.63) is 47.5 Å². The Morgan fingerprint density at radius 2 is 1.92 bits per heavy atom. The molecule has 1 unspecified atom stereocenters. The first kappa shape index (κ1) is 25.4. The maximum Gasteiger partial charge on any atom is 0.240 e. The Morgan fingerprint density at radius 3 is 2.68 bits per heavy atom. The third kappa shape index (κ3) is 5.27. The minimum Gasteiger partial charge on any atom is -0.493 e. The van der Waals surface area contributed by atoms with Gasteiger partial charge in [0.15, 0.2) is 17.3 Å². The first-order valence-electron chi connectivity index (χ1n) is 12.2. The van der Waals surface area contributed by atoms with Gasteiger partial charge in [0, 0.05) is 50.6 Å². The molecule has 1 aromatic heterocycles. The molecule has 37 heavy (non-hydrogen) atoms. The summed E-state index contributed by atoms with van der Waals surface area (Å²) < 4.78 is 26.5. The van der Waals surface area contributed by atoms with E-state index in [0.717, 1.165) is 26.2 Å². The first-order chi connectivity index (χ1) is 17.8. The molecule has 1 N–H and O–H groups in total. The molecule has 11 heteroatoms. The highest BCUT2D eigenvalue weighted by molar-refractivity contribution is 6.31. The molecule has 2 aromatic carbocycles. The van der Waals surface area contributed by atoms with E-state index in [4.69, 9.17) is 21.1 Å². The SMILES string of the molecule is COc1cc2ncnc(Nc3cccc(Cl)c3F)c2cc1O[C@H]1CC(C(=O)N2CCN(C)CC2)N(C)C1. The van der Waals surface area contributed by atoms with Crippen LogP contribution >= 0.6 is 11.6 Å². The number of hydrogen-bond donors (Lipinski definition) is 1. The molecule has 0 aliphatic carbocycles. The van der Waals surface area contributed by atoms with Crippen LogP contribution in [-0.2, 0) is 4.79 Å². The van der Waals surface area contributed by atoms with Gasteiger partial charge in [-0.2, -0.15) is 0 Å². The van der Waals surface area contributed by atoms with Crippen LogP contribution in [0.1, 0.15) is 6.42 Å². The monoisotopic (exact) mass is 528 g/mol. The molecule has 3 heterocycles. The van der Waals surface area contributed by atoms with Crippen molar-refractivity contribution >= 4 is 39.9 Å². The Hall–Kier alpha value is -3.21. The van der Waals surface area contributed by atoms with Gasteiger partial charge in [-0.3, -0.25) is 9.69 Å². The summed E-state index contributed by atoms with van der Waals surface area (Å²) >= 11 is 5.94. The quantitative estimate of drug-likeness (QED) is 0.521. The summed E-state index contributed by atoms with van der Waals surface area (Å²) in [5.74, 6) is 1.01. The van der Waals surface area contributed by atoms with Gasteiger partial charge >= 0.3 is 0 Å². The number of nitrogens with one attached hydrogen (secondary N) is 1. The Balaban J connectivity index is 1.37. The number of nitrogens with zero attached hydrogens (tertiary/aromatic N) is 5. The van der Waals surface area contributed by atoms with Crippen LogP contribution in [0.25, 0.3) is 10.9 Å². The summed E-state index contributed by atoms with van der Waals surface area (Å²) in [5, 5.41) is 3.66. The average molecular weight is 529 g/mol. The van der Waals surface area contributed by atoms with E-state index < -0.39 is 5.82 Å². The summed E-state index contributed by atoms with van der Waals surface area (Å²) in [6.07, 6.45) is 1.77. The highest BCUT2D eigenvalue weighted by Crippen LogP contribution is 2.37. The van der Waals surface area contributed by atoms with Crippen molar-refractivity contribution in [1.29, 1.82) is 0 Å². The van der Waals surface area contributed by atoms with E-state index in [1.807, 2.05) is 11.9 Å². The van der Waals surface area contributed by atoms with Crippen LogP contribution in [0.3, 0.4) is 0 Å². The van der Waals surface area contributed by atoms with Gasteiger partial charge in [-0.05, 0) is 32.3 Å². The van der Waals surface area contributed by atoms with Crippen LogP contribution < -0.4 is 14.8 Å². The number of amides is 1. The van der Waals surface area contributed by atoms with Crippen LogP contribution in [0, 0.1) is 5.82 Å². The van der Waals surface area contributed by atoms with Gasteiger partial charge in [-0.1, -0.05) is 17.7 Å². The zero-order chi connectivity index (χ0) is 26.1. The van der Waals surface area contributed by atoms with Crippen molar-refractivity contribution in [2.45, 2.75) is 18.6 Å². The molecule has 2 aliphatic heterocycles. The predicted octanol–water partition coefficient (Wildman–Crippen LogP) is 3.40. The number of anilines is 2. The third-order valence-electron chi connectivity index (χ3n) is 7.03. The van der Waals surface area contributed by atoms with E-state index >= 15 is 0 Å². The highest BCUT2D eigenvalue weighted by Gasteiger charge is 2.38. The average Bonchev–Trinajstić information content (AvgIpc) is 3.26. The van der Waals surface area contributed by atoms with Crippen LogP contribution in [0.2, 0.25) is 5.02 Å². The number of likely N-dealkylation sites (tertiary alicyclic amines) is 1. The molecule has 2 fully saturated rings. The van der Waals surface area contributed by atoms with Crippen molar-refractivity contribution in [3.63, 3.8) is 0 Å². The van der Waals surface area contributed by atoms with Crippen molar-refractivity contribution < 1.29 is 18.7 Å². The number of rotatable bonds is 6. The lowest BCUT2D eigenvalue weighted by atomic mass is 10.1. The lowest BCUT2D eigenvalue weighted by Gasteiger charge is -2.35. The fourth-order valence-corrected chi connectivity index (χ4v) is 5.06. The minimum atomic E-state index is -0.564. The number of fused-ring (bicyclic) bond motifs is 1. The number of ether oxygens (including phenoxy) is 2. The molecule has 2 saturated heterocycles. The number of likely N-dealkylation sites (N-methyl/N-ethyl adjacent to an activating group) is 2. The Kier molecular flexibility index (Phi) is 7.32. The lowest BCUT2D eigenvalue weighted by molar-refractivity contribution is -0.137. The van der Waals surface area contributed by atoms with Gasteiger partial charge in [0.2, 0.25) is 5.91 Å². The van der Waals surface area contributed by atoms with Crippen LogP contribution in [0.4, 0.5) is 15.9 Å². The number of aromatic nitrogens is 2. The van der Waals surface area contributed by atoms with Crippen LogP contribution in [0.5, 0.6) is 11.5 Å². The van der Waals surface area contributed by atoms with Crippen molar-refractivity contribution in [2.75, 3.05) is 59.2 Å².